The average Bonchev–Trinajstić information content (AvgIpc) is 2.36. The summed E-state index contributed by atoms with van der Waals surface area (Å²) in [6.07, 6.45) is 2.81. The van der Waals surface area contributed by atoms with E-state index in [1.54, 1.807) is 4.90 Å². The molecule has 0 saturated carbocycles. The quantitative estimate of drug-likeness (QED) is 0.791. The van der Waals surface area contributed by atoms with Crippen LogP contribution in [-0.2, 0) is 4.74 Å². The molecule has 1 saturated heterocycles. The molecule has 122 valence electrons. The Morgan fingerprint density at radius 1 is 1.48 bits per heavy atom. The van der Waals surface area contributed by atoms with Crippen LogP contribution in [0.3, 0.4) is 0 Å². The molecule has 0 aromatic rings. The van der Waals surface area contributed by atoms with E-state index in [1.165, 1.54) is 0 Å². The predicted octanol–water partition coefficient (Wildman–Crippen LogP) is 2.25. The molecule has 0 aromatic heterocycles. The first-order valence-electron chi connectivity index (χ1n) is 7.74. The van der Waals surface area contributed by atoms with Crippen molar-refractivity contribution in [1.82, 2.24) is 9.80 Å². The molecule has 1 N–H and O–H groups in total. The van der Waals surface area contributed by atoms with Gasteiger partial charge >= 0.3 is 6.09 Å². The Morgan fingerprint density at radius 2 is 2.14 bits per heavy atom. The Morgan fingerprint density at radius 3 is 2.67 bits per heavy atom. The first-order valence-corrected chi connectivity index (χ1v) is 7.74. The zero-order valence-electron chi connectivity index (χ0n) is 13.8. The summed E-state index contributed by atoms with van der Waals surface area (Å²) in [5.41, 5.74) is -0.460. The second-order valence-corrected chi connectivity index (χ2v) is 6.79. The minimum Gasteiger partial charge on any atom is -0.444 e. The van der Waals surface area contributed by atoms with Crippen LogP contribution in [0.1, 0.15) is 40.5 Å². The fourth-order valence-corrected chi connectivity index (χ4v) is 2.43. The van der Waals surface area contributed by atoms with Gasteiger partial charge < -0.3 is 14.7 Å². The van der Waals surface area contributed by atoms with Crippen molar-refractivity contribution in [2.45, 2.75) is 58.3 Å². The summed E-state index contributed by atoms with van der Waals surface area (Å²) >= 11 is 0. The Bertz CT molecular complexity index is 352. The molecule has 5 heteroatoms. The second kappa shape index (κ2) is 7.80. The van der Waals surface area contributed by atoms with Crippen LogP contribution in [0.15, 0.2) is 12.7 Å². The largest absolute Gasteiger partial charge is 0.444 e. The zero-order valence-corrected chi connectivity index (χ0v) is 13.8. The van der Waals surface area contributed by atoms with E-state index in [9.17, 15) is 9.90 Å². The first kappa shape index (κ1) is 18.0. The number of ether oxygens (including phenoxy) is 1. The van der Waals surface area contributed by atoms with E-state index in [-0.39, 0.29) is 18.2 Å². The summed E-state index contributed by atoms with van der Waals surface area (Å²) < 4.78 is 5.40. The molecule has 1 rings (SSSR count). The Balaban J connectivity index is 2.43. The maximum absolute atomic E-state index is 12.1. The number of piperazine rings is 1. The van der Waals surface area contributed by atoms with E-state index in [0.29, 0.717) is 19.6 Å². The van der Waals surface area contributed by atoms with Crippen molar-refractivity contribution in [3.63, 3.8) is 0 Å². The topological polar surface area (TPSA) is 53.0 Å². The van der Waals surface area contributed by atoms with Gasteiger partial charge in [-0.1, -0.05) is 6.08 Å². The molecule has 0 aromatic carbocycles. The van der Waals surface area contributed by atoms with Gasteiger partial charge in [0.15, 0.2) is 0 Å². The third-order valence-electron chi connectivity index (χ3n) is 3.57. The Kier molecular flexibility index (Phi) is 6.68. The molecule has 2 unspecified atom stereocenters. The lowest BCUT2D eigenvalue weighted by Gasteiger charge is -2.40. The minimum absolute atomic E-state index is 0.227. The monoisotopic (exact) mass is 298 g/mol. The molecule has 1 amide bonds. The molecule has 2 atom stereocenters. The number of hydrogen-bond donors (Lipinski definition) is 1. The van der Waals surface area contributed by atoms with E-state index in [1.807, 2.05) is 26.8 Å². The maximum Gasteiger partial charge on any atom is 0.410 e. The number of aliphatic hydroxyl groups excluding tert-OH is 1. The summed E-state index contributed by atoms with van der Waals surface area (Å²) in [7, 11) is 0. The van der Waals surface area contributed by atoms with E-state index in [2.05, 4.69) is 18.4 Å². The van der Waals surface area contributed by atoms with E-state index in [0.717, 1.165) is 19.4 Å². The lowest BCUT2D eigenvalue weighted by Crippen LogP contribution is -2.55. The van der Waals surface area contributed by atoms with Crippen molar-refractivity contribution in [2.75, 3.05) is 26.2 Å². The van der Waals surface area contributed by atoms with Crippen LogP contribution in [0.4, 0.5) is 4.79 Å². The van der Waals surface area contributed by atoms with Crippen molar-refractivity contribution < 1.29 is 14.6 Å². The first-order chi connectivity index (χ1) is 9.73. The summed E-state index contributed by atoms with van der Waals surface area (Å²) in [5.74, 6) is 0. The Labute approximate surface area is 128 Å². The molecule has 0 aliphatic carbocycles. The normalized spacial score (nSPS) is 22.0. The second-order valence-electron chi connectivity index (χ2n) is 6.79. The third kappa shape index (κ3) is 6.48. The van der Waals surface area contributed by atoms with Gasteiger partial charge in [-0.25, -0.2) is 4.79 Å². The van der Waals surface area contributed by atoms with Gasteiger partial charge in [0.05, 0.1) is 6.10 Å². The fraction of sp³-hybridized carbons (Fsp3) is 0.812. The third-order valence-corrected chi connectivity index (χ3v) is 3.57. The molecule has 1 fully saturated rings. The van der Waals surface area contributed by atoms with Crippen LogP contribution in [0, 0.1) is 0 Å². The SMILES string of the molecule is C=CCCC(O)CN1CCN(C(=O)OC(C)(C)C)CC1C. The van der Waals surface area contributed by atoms with Crippen LogP contribution in [0.5, 0.6) is 0 Å². The summed E-state index contributed by atoms with van der Waals surface area (Å²) in [4.78, 5) is 16.0. The van der Waals surface area contributed by atoms with Crippen LogP contribution in [0.2, 0.25) is 0 Å². The molecular weight excluding hydrogens is 268 g/mol. The molecule has 1 aliphatic heterocycles. The van der Waals surface area contributed by atoms with Crippen molar-refractivity contribution in [1.29, 1.82) is 0 Å². The summed E-state index contributed by atoms with van der Waals surface area (Å²) in [6.45, 7) is 14.1. The number of carbonyl (C=O) groups excluding carboxylic acids is 1. The molecule has 0 spiro atoms. The number of hydrogen-bond acceptors (Lipinski definition) is 4. The fourth-order valence-electron chi connectivity index (χ4n) is 2.43. The van der Waals surface area contributed by atoms with E-state index < -0.39 is 5.60 Å². The van der Waals surface area contributed by atoms with Crippen molar-refractivity contribution in [3.05, 3.63) is 12.7 Å². The molecule has 0 radical (unpaired) electrons. The molecule has 5 nitrogen and oxygen atoms in total. The van der Waals surface area contributed by atoms with Gasteiger partial charge in [-0.2, -0.15) is 0 Å². The lowest BCUT2D eigenvalue weighted by atomic mass is 10.1. The van der Waals surface area contributed by atoms with E-state index in [4.69, 9.17) is 4.74 Å². The number of rotatable bonds is 5. The van der Waals surface area contributed by atoms with Crippen LogP contribution >= 0.6 is 0 Å². The van der Waals surface area contributed by atoms with Gasteiger partial charge in [0, 0.05) is 32.2 Å². The Hall–Kier alpha value is -1.07. The van der Waals surface area contributed by atoms with Crippen molar-refractivity contribution >= 4 is 6.09 Å². The zero-order chi connectivity index (χ0) is 16.0. The maximum atomic E-state index is 12.1. The van der Waals surface area contributed by atoms with E-state index >= 15 is 0 Å². The predicted molar refractivity (Wildman–Crippen MR) is 84.3 cm³/mol. The summed E-state index contributed by atoms with van der Waals surface area (Å²) in [6, 6.07) is 0.227. The molecule has 1 heterocycles. The van der Waals surface area contributed by atoms with Gasteiger partial charge in [0.2, 0.25) is 0 Å². The average molecular weight is 298 g/mol. The number of amides is 1. The van der Waals surface area contributed by atoms with Gasteiger partial charge in [-0.05, 0) is 40.5 Å². The standard InChI is InChI=1S/C16H30N2O3/c1-6-7-8-14(19)12-17-9-10-18(11-13(17)2)15(20)21-16(3,4)5/h6,13-14,19H,1,7-12H2,2-5H3. The van der Waals surface area contributed by atoms with Gasteiger partial charge in [-0.15, -0.1) is 6.58 Å². The highest BCUT2D eigenvalue weighted by atomic mass is 16.6. The van der Waals surface area contributed by atoms with Gasteiger partial charge in [-0.3, -0.25) is 4.90 Å². The highest BCUT2D eigenvalue weighted by Gasteiger charge is 2.30. The minimum atomic E-state index is -0.460. The van der Waals surface area contributed by atoms with Crippen LogP contribution in [-0.4, -0.2) is 64.9 Å². The highest BCUT2D eigenvalue weighted by molar-refractivity contribution is 5.68. The number of allylic oxidation sites excluding steroid dienone is 1. The number of β-amino-alcohol motifs (C(OH)–C–C–N with tert-alkyl or cyclic N) is 1. The van der Waals surface area contributed by atoms with Crippen LogP contribution < -0.4 is 0 Å². The van der Waals surface area contributed by atoms with Crippen LogP contribution in [0.25, 0.3) is 0 Å². The lowest BCUT2D eigenvalue weighted by molar-refractivity contribution is -0.00221. The number of aliphatic hydroxyl groups is 1. The molecule has 21 heavy (non-hydrogen) atoms. The molecule has 1 aliphatic rings. The van der Waals surface area contributed by atoms with Crippen molar-refractivity contribution in [2.24, 2.45) is 0 Å². The number of nitrogens with zero attached hydrogens (tertiary/aromatic N) is 2. The van der Waals surface area contributed by atoms with Gasteiger partial charge in [0.25, 0.3) is 0 Å². The molecule has 0 bridgehead atoms. The highest BCUT2D eigenvalue weighted by Crippen LogP contribution is 2.15. The van der Waals surface area contributed by atoms with Gasteiger partial charge in [0.1, 0.15) is 5.60 Å². The number of carbonyl (C=O) groups is 1. The molecular formula is C16H30N2O3. The smallest absolute Gasteiger partial charge is 0.410 e. The summed E-state index contributed by atoms with van der Waals surface area (Å²) in [5, 5.41) is 9.98. The van der Waals surface area contributed by atoms with Crippen molar-refractivity contribution in [3.8, 4) is 0 Å².